The van der Waals surface area contributed by atoms with E-state index in [1.54, 1.807) is 17.0 Å². The molecule has 1 aromatic rings. The van der Waals surface area contributed by atoms with Gasteiger partial charge in [-0.25, -0.2) is 4.39 Å². The van der Waals surface area contributed by atoms with E-state index in [1.165, 1.54) is 12.1 Å². The highest BCUT2D eigenvalue weighted by Crippen LogP contribution is 2.16. The summed E-state index contributed by atoms with van der Waals surface area (Å²) in [6.45, 7) is 5.06. The van der Waals surface area contributed by atoms with Gasteiger partial charge in [0.25, 0.3) is 0 Å². The van der Waals surface area contributed by atoms with E-state index in [0.29, 0.717) is 32.7 Å². The lowest BCUT2D eigenvalue weighted by atomic mass is 10.2. The molecular weight excluding hydrogens is 325 g/mol. The van der Waals surface area contributed by atoms with Crippen LogP contribution in [-0.2, 0) is 14.3 Å². The van der Waals surface area contributed by atoms with Crippen molar-refractivity contribution in [3.63, 3.8) is 0 Å². The molecule has 0 atom stereocenters. The van der Waals surface area contributed by atoms with Gasteiger partial charge in [0.15, 0.2) is 0 Å². The summed E-state index contributed by atoms with van der Waals surface area (Å²) in [7, 11) is 0. The number of nitrogens with one attached hydrogen (secondary N) is 1. The van der Waals surface area contributed by atoms with E-state index >= 15 is 0 Å². The molecule has 0 aromatic heterocycles. The van der Waals surface area contributed by atoms with Gasteiger partial charge >= 0.3 is 0 Å². The highest BCUT2D eigenvalue weighted by atomic mass is 19.1. The molecule has 1 heterocycles. The third kappa shape index (κ3) is 6.34. The summed E-state index contributed by atoms with van der Waals surface area (Å²) >= 11 is 0. The van der Waals surface area contributed by atoms with E-state index in [1.807, 2.05) is 0 Å². The number of nitrogens with zero attached hydrogens (tertiary/aromatic N) is 2. The Morgan fingerprint density at radius 2 is 1.80 bits per heavy atom. The summed E-state index contributed by atoms with van der Waals surface area (Å²) in [5.41, 5.74) is 0.952. The normalized spacial score (nSPS) is 14.5. The number of hydrogen-bond acceptors (Lipinski definition) is 4. The number of halogens is 1. The minimum Gasteiger partial charge on any atom is -0.368 e. The predicted octanol–water partition coefficient (Wildman–Crippen LogP) is 1.41. The Hall–Kier alpha value is -2.15. The van der Waals surface area contributed by atoms with Gasteiger partial charge in [-0.2, -0.15) is 0 Å². The Morgan fingerprint density at radius 3 is 2.44 bits per heavy atom. The quantitative estimate of drug-likeness (QED) is 0.720. The molecule has 1 aliphatic rings. The number of rotatable bonds is 8. The molecule has 0 spiro atoms. The zero-order chi connectivity index (χ0) is 18.1. The van der Waals surface area contributed by atoms with Crippen molar-refractivity contribution >= 4 is 17.5 Å². The number of ether oxygens (including phenoxy) is 1. The van der Waals surface area contributed by atoms with Crippen LogP contribution in [0.25, 0.3) is 0 Å². The summed E-state index contributed by atoms with van der Waals surface area (Å²) in [6.07, 6.45) is 1.95. The molecular formula is C18H26FN3O3. The van der Waals surface area contributed by atoms with Gasteiger partial charge in [-0.15, -0.1) is 0 Å². The maximum Gasteiger partial charge on any atom is 0.248 e. The first-order chi connectivity index (χ1) is 12.1. The number of benzene rings is 1. The van der Waals surface area contributed by atoms with Crippen molar-refractivity contribution in [1.82, 2.24) is 10.2 Å². The fourth-order valence-electron chi connectivity index (χ4n) is 2.64. The molecule has 138 valence electrons. The molecule has 0 saturated carbocycles. The van der Waals surface area contributed by atoms with Crippen LogP contribution in [0, 0.1) is 5.82 Å². The molecule has 0 bridgehead atoms. The van der Waals surface area contributed by atoms with Crippen molar-refractivity contribution in [3.8, 4) is 0 Å². The molecule has 0 radical (unpaired) electrons. The smallest absolute Gasteiger partial charge is 0.248 e. The van der Waals surface area contributed by atoms with Crippen LogP contribution in [0.5, 0.6) is 0 Å². The van der Waals surface area contributed by atoms with Crippen LogP contribution in [0.15, 0.2) is 24.3 Å². The average molecular weight is 351 g/mol. The predicted molar refractivity (Wildman–Crippen MR) is 93.9 cm³/mol. The summed E-state index contributed by atoms with van der Waals surface area (Å²) < 4.78 is 18.2. The molecule has 25 heavy (non-hydrogen) atoms. The van der Waals surface area contributed by atoms with Crippen molar-refractivity contribution in [2.75, 3.05) is 50.8 Å². The lowest BCUT2D eigenvalue weighted by molar-refractivity contribution is -0.138. The number of carbonyl (C=O) groups excluding carboxylic acids is 2. The highest BCUT2D eigenvalue weighted by molar-refractivity contribution is 5.79. The van der Waals surface area contributed by atoms with Gasteiger partial charge in [-0.1, -0.05) is 13.3 Å². The minimum atomic E-state index is -0.256. The van der Waals surface area contributed by atoms with Crippen LogP contribution in [-0.4, -0.2) is 62.7 Å². The largest absolute Gasteiger partial charge is 0.368 e. The van der Waals surface area contributed by atoms with Gasteiger partial charge in [0, 0.05) is 38.4 Å². The Bertz CT molecular complexity index is 557. The van der Waals surface area contributed by atoms with Crippen molar-refractivity contribution in [2.45, 2.75) is 19.8 Å². The lowest BCUT2D eigenvalue weighted by Gasteiger charge is -2.36. The van der Waals surface area contributed by atoms with Crippen LogP contribution in [0.4, 0.5) is 10.1 Å². The van der Waals surface area contributed by atoms with E-state index in [9.17, 15) is 14.0 Å². The molecule has 1 aliphatic heterocycles. The number of hydrogen-bond donors (Lipinski definition) is 1. The van der Waals surface area contributed by atoms with Crippen LogP contribution >= 0.6 is 0 Å². The molecule has 1 fully saturated rings. The first-order valence-electron chi connectivity index (χ1n) is 8.73. The Kier molecular flexibility index (Phi) is 7.66. The topological polar surface area (TPSA) is 61.9 Å². The third-order valence-electron chi connectivity index (χ3n) is 4.14. The standard InChI is InChI=1S/C18H26FN3O3/c1-2-3-8-20-17(23)13-25-14-18(24)22-11-9-21(10-12-22)16-6-4-15(19)5-7-16/h4-7H,2-3,8-14H2,1H3,(H,20,23). The van der Waals surface area contributed by atoms with Gasteiger partial charge in [0.1, 0.15) is 19.0 Å². The second-order valence-electron chi connectivity index (χ2n) is 6.04. The van der Waals surface area contributed by atoms with Gasteiger partial charge in [0.2, 0.25) is 11.8 Å². The van der Waals surface area contributed by atoms with Crippen molar-refractivity contribution in [1.29, 1.82) is 0 Å². The molecule has 1 saturated heterocycles. The molecule has 1 aromatic carbocycles. The van der Waals surface area contributed by atoms with Crippen molar-refractivity contribution in [3.05, 3.63) is 30.1 Å². The number of amides is 2. The maximum absolute atomic E-state index is 13.0. The summed E-state index contributed by atoms with van der Waals surface area (Å²) in [4.78, 5) is 27.5. The number of piperazine rings is 1. The number of anilines is 1. The van der Waals surface area contributed by atoms with Crippen LogP contribution in [0.2, 0.25) is 0 Å². The first-order valence-corrected chi connectivity index (χ1v) is 8.73. The van der Waals surface area contributed by atoms with Crippen LogP contribution in [0.3, 0.4) is 0 Å². The zero-order valence-corrected chi connectivity index (χ0v) is 14.7. The third-order valence-corrected chi connectivity index (χ3v) is 4.14. The van der Waals surface area contributed by atoms with Crippen LogP contribution < -0.4 is 10.2 Å². The summed E-state index contributed by atoms with van der Waals surface area (Å²) in [5.74, 6) is -0.559. The lowest BCUT2D eigenvalue weighted by Crippen LogP contribution is -2.50. The van der Waals surface area contributed by atoms with E-state index in [0.717, 1.165) is 18.5 Å². The minimum absolute atomic E-state index is 0.0856. The molecule has 0 aliphatic carbocycles. The van der Waals surface area contributed by atoms with Gasteiger partial charge in [-0.3, -0.25) is 9.59 Å². The first kappa shape index (κ1) is 19.2. The molecule has 1 N–H and O–H groups in total. The Morgan fingerprint density at radius 1 is 1.12 bits per heavy atom. The van der Waals surface area contributed by atoms with Gasteiger partial charge in [0.05, 0.1) is 0 Å². The Labute approximate surface area is 147 Å². The van der Waals surface area contributed by atoms with E-state index < -0.39 is 0 Å². The SMILES string of the molecule is CCCCNC(=O)COCC(=O)N1CCN(c2ccc(F)cc2)CC1. The molecule has 0 unspecified atom stereocenters. The zero-order valence-electron chi connectivity index (χ0n) is 14.7. The fourth-order valence-corrected chi connectivity index (χ4v) is 2.64. The monoisotopic (exact) mass is 351 g/mol. The number of unbranched alkanes of at least 4 members (excludes halogenated alkanes) is 1. The second-order valence-corrected chi connectivity index (χ2v) is 6.04. The van der Waals surface area contributed by atoms with E-state index in [-0.39, 0.29) is 30.8 Å². The van der Waals surface area contributed by atoms with E-state index in [4.69, 9.17) is 4.74 Å². The molecule has 2 amide bonds. The maximum atomic E-state index is 13.0. The molecule has 2 rings (SSSR count). The highest BCUT2D eigenvalue weighted by Gasteiger charge is 2.21. The average Bonchev–Trinajstić information content (AvgIpc) is 2.63. The van der Waals surface area contributed by atoms with Gasteiger partial charge in [-0.05, 0) is 30.7 Å². The van der Waals surface area contributed by atoms with Gasteiger partial charge < -0.3 is 19.9 Å². The van der Waals surface area contributed by atoms with Crippen molar-refractivity contribution in [2.24, 2.45) is 0 Å². The fraction of sp³-hybridized carbons (Fsp3) is 0.556. The van der Waals surface area contributed by atoms with Crippen LogP contribution in [0.1, 0.15) is 19.8 Å². The van der Waals surface area contributed by atoms with E-state index in [2.05, 4.69) is 17.1 Å². The summed E-state index contributed by atoms with van der Waals surface area (Å²) in [5, 5.41) is 2.74. The Balaban J connectivity index is 1.65. The number of carbonyl (C=O) groups is 2. The molecule has 6 nitrogen and oxygen atoms in total. The summed E-state index contributed by atoms with van der Waals surface area (Å²) in [6, 6.07) is 6.36. The second kappa shape index (κ2) is 9.98. The van der Waals surface area contributed by atoms with Crippen molar-refractivity contribution < 1.29 is 18.7 Å². The molecule has 7 heteroatoms.